The van der Waals surface area contributed by atoms with Crippen LogP contribution in [0.1, 0.15) is 73.6 Å². The summed E-state index contributed by atoms with van der Waals surface area (Å²) in [5, 5.41) is 20.4. The van der Waals surface area contributed by atoms with E-state index in [9.17, 15) is 8.78 Å². The molecule has 2 aliphatic heterocycles. The lowest BCUT2D eigenvalue weighted by atomic mass is 9.66. The number of nitrogens with two attached hydrogens (primary N) is 2. The summed E-state index contributed by atoms with van der Waals surface area (Å²) in [4.78, 5) is 22.5. The van der Waals surface area contributed by atoms with Gasteiger partial charge in [0.2, 0.25) is 23.4 Å². The third-order valence-electron chi connectivity index (χ3n) is 14.1. The standard InChI is InChI=1S/C23H25ClFN3O2.C17H22BrN3O2.C6H5BClFO2/c1-28-21(26)27-23(30-28)18-11-14(15-5-6-20(25)19(24)12-15)3-4-16(18)13-22(23)9-7-17(29-2)8-10-22;1-21-15(19)20-17(23-21)14-9-12(18)4-3-11(14)10-16(17)7-5-13(22-2)6-8-16;8-5-3-4(7(10)11)1-2-6(5)9/h3-6,11-12,17H,7-10,13H2,1-2H3,(H2,26,27);3-4,9,13H,5-8,10H2,1-2H3,(H2,19,20);1-3,10-11H. The van der Waals surface area contributed by atoms with Crippen LogP contribution in [0.25, 0.3) is 11.1 Å². The molecule has 2 saturated carbocycles. The van der Waals surface area contributed by atoms with Crippen LogP contribution in [0.5, 0.6) is 0 Å². The second-order valence-corrected chi connectivity index (χ2v) is 19.3. The molecule has 4 aromatic rings. The van der Waals surface area contributed by atoms with Gasteiger partial charge in [0.15, 0.2) is 0 Å². The molecule has 2 fully saturated rings. The number of hydroxylamine groups is 4. The van der Waals surface area contributed by atoms with Crippen LogP contribution in [0, 0.1) is 22.5 Å². The van der Waals surface area contributed by atoms with E-state index in [1.165, 1.54) is 29.3 Å². The van der Waals surface area contributed by atoms with Gasteiger partial charge in [-0.2, -0.15) is 0 Å². The molecule has 6 aliphatic rings. The highest BCUT2D eigenvalue weighted by molar-refractivity contribution is 9.10. The Kier molecular flexibility index (Phi) is 13.2. The predicted octanol–water partition coefficient (Wildman–Crippen LogP) is 7.71. The maximum atomic E-state index is 13.7. The molecule has 0 bridgehead atoms. The van der Waals surface area contributed by atoms with E-state index >= 15 is 0 Å². The number of hydrogen-bond donors (Lipinski definition) is 4. The Bertz CT molecular complexity index is 2470. The number of nitrogens with zero attached hydrogens (tertiary/aromatic N) is 4. The minimum atomic E-state index is -1.60. The molecule has 0 radical (unpaired) electrons. The van der Waals surface area contributed by atoms with Gasteiger partial charge >= 0.3 is 7.12 Å². The van der Waals surface area contributed by atoms with E-state index in [0.717, 1.165) is 97.0 Å². The fraction of sp³-hybridized carbons (Fsp3) is 0.435. The van der Waals surface area contributed by atoms with E-state index in [0.29, 0.717) is 18.0 Å². The van der Waals surface area contributed by atoms with Gasteiger partial charge in [0.25, 0.3) is 0 Å². The highest BCUT2D eigenvalue weighted by Gasteiger charge is 2.64. The molecule has 0 amide bonds. The Hall–Kier alpha value is -3.84. The molecule has 4 aliphatic carbocycles. The van der Waals surface area contributed by atoms with Crippen molar-refractivity contribution in [3.63, 3.8) is 0 Å². The number of halogens is 5. The van der Waals surface area contributed by atoms with Crippen LogP contribution >= 0.6 is 39.1 Å². The van der Waals surface area contributed by atoms with E-state index in [2.05, 4.69) is 52.3 Å². The fourth-order valence-electron chi connectivity index (χ4n) is 10.6. The summed E-state index contributed by atoms with van der Waals surface area (Å²) in [7, 11) is 5.60. The normalized spacial score (nSPS) is 28.7. The second kappa shape index (κ2) is 18.1. The van der Waals surface area contributed by atoms with Gasteiger partial charge in [-0.25, -0.2) is 38.6 Å². The second-order valence-electron chi connectivity index (χ2n) is 17.5. The molecule has 0 saturated heterocycles. The predicted molar refractivity (Wildman–Crippen MR) is 247 cm³/mol. The molecule has 6 N–H and O–H groups in total. The van der Waals surface area contributed by atoms with Crippen molar-refractivity contribution < 1.29 is 38.0 Å². The lowest BCUT2D eigenvalue weighted by Crippen LogP contribution is -2.46. The lowest BCUT2D eigenvalue weighted by molar-refractivity contribution is -0.232. The molecular formula is C46H52BBrCl2F2N6O6. The van der Waals surface area contributed by atoms with E-state index in [-0.39, 0.29) is 32.4 Å². The number of hydrogen-bond acceptors (Lipinski definition) is 12. The molecule has 2 heterocycles. The molecule has 64 heavy (non-hydrogen) atoms. The zero-order valence-electron chi connectivity index (χ0n) is 36.1. The number of fused-ring (bicyclic) bond motifs is 6. The average molecular weight is 985 g/mol. The quantitative estimate of drug-likeness (QED) is 0.149. The van der Waals surface area contributed by atoms with Gasteiger partial charge in [0.05, 0.1) is 22.3 Å². The third kappa shape index (κ3) is 8.21. The first kappa shape index (κ1) is 46.7. The van der Waals surface area contributed by atoms with E-state index in [1.807, 2.05) is 7.05 Å². The molecule has 4 aromatic carbocycles. The van der Waals surface area contributed by atoms with Crippen molar-refractivity contribution in [2.24, 2.45) is 32.3 Å². The summed E-state index contributed by atoms with van der Waals surface area (Å²) in [6.07, 6.45) is 10.4. The number of guanidine groups is 2. The first-order chi connectivity index (χ1) is 30.5. The topological polar surface area (TPSA) is 161 Å². The first-order valence-corrected chi connectivity index (χ1v) is 22.8. The Labute approximate surface area is 390 Å². The van der Waals surface area contributed by atoms with Gasteiger partial charge in [0.1, 0.15) is 11.6 Å². The van der Waals surface area contributed by atoms with Crippen LogP contribution in [0.2, 0.25) is 10.0 Å². The minimum absolute atomic E-state index is 0.0411. The number of aliphatic imine (C=N–C) groups is 2. The summed E-state index contributed by atoms with van der Waals surface area (Å²) in [6.45, 7) is 0. The molecule has 4 spiro atoms. The zero-order chi connectivity index (χ0) is 45.8. The van der Waals surface area contributed by atoms with E-state index < -0.39 is 30.2 Å². The molecule has 18 heteroatoms. The summed E-state index contributed by atoms with van der Waals surface area (Å²) in [6, 6.07) is 21.0. The Morgan fingerprint density at radius 3 is 1.56 bits per heavy atom. The highest BCUT2D eigenvalue weighted by atomic mass is 79.9. The Morgan fingerprint density at radius 2 is 1.12 bits per heavy atom. The Balaban J connectivity index is 0.000000145. The maximum absolute atomic E-state index is 13.7. The third-order valence-corrected chi connectivity index (χ3v) is 15.1. The monoisotopic (exact) mass is 982 g/mol. The maximum Gasteiger partial charge on any atom is 0.488 e. The van der Waals surface area contributed by atoms with Crippen LogP contribution in [0.4, 0.5) is 8.78 Å². The van der Waals surface area contributed by atoms with Crippen LogP contribution < -0.4 is 16.9 Å². The van der Waals surface area contributed by atoms with Crippen molar-refractivity contribution in [1.29, 1.82) is 0 Å². The van der Waals surface area contributed by atoms with Crippen LogP contribution in [0.3, 0.4) is 0 Å². The van der Waals surface area contributed by atoms with Crippen molar-refractivity contribution in [3.05, 3.63) is 121 Å². The number of benzene rings is 4. The van der Waals surface area contributed by atoms with Gasteiger partial charge in [-0.15, -0.1) is 0 Å². The molecular weight excluding hydrogens is 932 g/mol. The van der Waals surface area contributed by atoms with Crippen molar-refractivity contribution in [2.75, 3.05) is 28.3 Å². The van der Waals surface area contributed by atoms with Gasteiger partial charge in [-0.1, -0.05) is 69.5 Å². The number of rotatable bonds is 4. The lowest BCUT2D eigenvalue weighted by Gasteiger charge is -2.45. The van der Waals surface area contributed by atoms with Crippen LogP contribution in [-0.4, -0.2) is 79.7 Å². The van der Waals surface area contributed by atoms with E-state index in [1.54, 1.807) is 43.5 Å². The number of methoxy groups -OCH3 is 2. The number of ether oxygens (including phenoxy) is 2. The van der Waals surface area contributed by atoms with Gasteiger partial charge in [-0.3, -0.25) is 0 Å². The van der Waals surface area contributed by atoms with Gasteiger partial charge < -0.3 is 31.0 Å². The smallest absolute Gasteiger partial charge is 0.423 e. The minimum Gasteiger partial charge on any atom is -0.423 e. The zero-order valence-corrected chi connectivity index (χ0v) is 39.2. The SMILES string of the molecule is COC1CCC2(CC1)Cc1ccc(-c3ccc(F)c(Cl)c3)cc1C21N=C(N)N(C)O1.COC1CCC2(CC1)Cc1ccc(Br)cc1C21N=C(N)N(C)O1.OB(O)c1ccc(F)c(Cl)c1. The Morgan fingerprint density at radius 1 is 0.688 bits per heavy atom. The molecule has 12 nitrogen and oxygen atoms in total. The fourth-order valence-corrected chi connectivity index (χ4v) is 11.3. The first-order valence-electron chi connectivity index (χ1n) is 21.3. The van der Waals surface area contributed by atoms with Gasteiger partial charge in [-0.05, 0) is 134 Å². The summed E-state index contributed by atoms with van der Waals surface area (Å²) in [5.41, 5.74) is 17.2. The van der Waals surface area contributed by atoms with Crippen molar-refractivity contribution >= 4 is 63.6 Å². The highest BCUT2D eigenvalue weighted by Crippen LogP contribution is 2.63. The summed E-state index contributed by atoms with van der Waals surface area (Å²) in [5.74, 6) is -0.168. The molecule has 0 aromatic heterocycles. The summed E-state index contributed by atoms with van der Waals surface area (Å²) < 4.78 is 38.3. The molecule has 10 rings (SSSR count). The molecule has 2 atom stereocenters. The molecule has 2 unspecified atom stereocenters. The van der Waals surface area contributed by atoms with Crippen molar-refractivity contribution in [2.45, 2.75) is 87.9 Å². The summed E-state index contributed by atoms with van der Waals surface area (Å²) >= 11 is 15.0. The van der Waals surface area contributed by atoms with E-state index in [4.69, 9.17) is 73.9 Å². The van der Waals surface area contributed by atoms with Gasteiger partial charge in [0, 0.05) is 54.7 Å². The van der Waals surface area contributed by atoms with Crippen LogP contribution in [-0.2, 0) is 43.4 Å². The van der Waals surface area contributed by atoms with Crippen LogP contribution in [0.15, 0.2) is 87.3 Å². The van der Waals surface area contributed by atoms with Crippen molar-refractivity contribution in [3.8, 4) is 11.1 Å². The largest absolute Gasteiger partial charge is 0.488 e. The van der Waals surface area contributed by atoms with Crippen molar-refractivity contribution in [1.82, 2.24) is 10.1 Å². The average Bonchev–Trinajstić information content (AvgIpc) is 3.93. The molecule has 340 valence electrons.